The first-order chi connectivity index (χ1) is 8.88. The Morgan fingerprint density at radius 2 is 2.28 bits per heavy atom. The van der Waals surface area contributed by atoms with Gasteiger partial charge in [-0.25, -0.2) is 0 Å². The first-order valence-corrected chi connectivity index (χ1v) is 7.12. The third-order valence-corrected chi connectivity index (χ3v) is 4.33. The lowest BCUT2D eigenvalue weighted by Gasteiger charge is -2.25. The fourth-order valence-electron chi connectivity index (χ4n) is 3.44. The molecule has 1 atom stereocenters. The number of fused-ring (bicyclic) bond motifs is 1. The van der Waals surface area contributed by atoms with Crippen molar-refractivity contribution in [2.75, 3.05) is 20.3 Å². The van der Waals surface area contributed by atoms with E-state index in [0.717, 1.165) is 32.2 Å². The zero-order chi connectivity index (χ0) is 12.4. The quantitative estimate of drug-likeness (QED) is 0.886. The highest BCUT2D eigenvalue weighted by atomic mass is 16.5. The topological polar surface area (TPSA) is 39.1 Å². The van der Waals surface area contributed by atoms with Crippen LogP contribution in [-0.4, -0.2) is 30.0 Å². The van der Waals surface area contributed by atoms with Gasteiger partial charge in [-0.05, 0) is 18.8 Å². The summed E-state index contributed by atoms with van der Waals surface area (Å²) in [5.74, 6) is 1.30. The molecule has 100 valence electrons. The average molecular weight is 249 g/mol. The summed E-state index contributed by atoms with van der Waals surface area (Å²) in [6.07, 6.45) is 7.59. The van der Waals surface area contributed by atoms with Gasteiger partial charge in [-0.2, -0.15) is 5.10 Å². The minimum absolute atomic E-state index is 0.461. The molecule has 4 heteroatoms. The SMILES string of the molecule is COC[C@@H]1CNCc2cnn(CC3CCCC3)c21. The predicted molar refractivity (Wildman–Crippen MR) is 70.5 cm³/mol. The molecule has 1 aromatic rings. The Labute approximate surface area is 109 Å². The van der Waals surface area contributed by atoms with Gasteiger partial charge < -0.3 is 10.1 Å². The van der Waals surface area contributed by atoms with Gasteiger partial charge in [-0.1, -0.05) is 12.8 Å². The minimum Gasteiger partial charge on any atom is -0.384 e. The Morgan fingerprint density at radius 3 is 3.06 bits per heavy atom. The molecule has 1 N–H and O–H groups in total. The smallest absolute Gasteiger partial charge is 0.0558 e. The summed E-state index contributed by atoms with van der Waals surface area (Å²) in [7, 11) is 1.78. The second-order valence-electron chi connectivity index (χ2n) is 5.67. The molecule has 4 nitrogen and oxygen atoms in total. The predicted octanol–water partition coefficient (Wildman–Crippen LogP) is 1.91. The number of nitrogens with one attached hydrogen (secondary N) is 1. The molecule has 0 saturated heterocycles. The van der Waals surface area contributed by atoms with Crippen LogP contribution in [0.15, 0.2) is 6.20 Å². The van der Waals surface area contributed by atoms with E-state index in [1.165, 1.54) is 36.9 Å². The third kappa shape index (κ3) is 2.31. The van der Waals surface area contributed by atoms with E-state index in [1.54, 1.807) is 7.11 Å². The van der Waals surface area contributed by atoms with Crippen LogP contribution < -0.4 is 5.32 Å². The molecular formula is C14H23N3O. The van der Waals surface area contributed by atoms with Crippen LogP contribution >= 0.6 is 0 Å². The monoisotopic (exact) mass is 249 g/mol. The van der Waals surface area contributed by atoms with E-state index in [1.807, 2.05) is 6.20 Å². The van der Waals surface area contributed by atoms with Crippen LogP contribution in [-0.2, 0) is 17.8 Å². The number of hydrogen-bond donors (Lipinski definition) is 1. The van der Waals surface area contributed by atoms with E-state index in [-0.39, 0.29) is 0 Å². The summed E-state index contributed by atoms with van der Waals surface area (Å²) in [5, 5.41) is 8.06. The molecule has 0 amide bonds. The summed E-state index contributed by atoms with van der Waals surface area (Å²) >= 11 is 0. The Kier molecular flexibility index (Phi) is 3.66. The maximum Gasteiger partial charge on any atom is 0.0558 e. The van der Waals surface area contributed by atoms with Crippen LogP contribution in [0.1, 0.15) is 42.9 Å². The van der Waals surface area contributed by atoms with Crippen molar-refractivity contribution < 1.29 is 4.74 Å². The van der Waals surface area contributed by atoms with E-state index in [9.17, 15) is 0 Å². The number of nitrogens with zero attached hydrogens (tertiary/aromatic N) is 2. The lowest BCUT2D eigenvalue weighted by atomic mass is 9.98. The van der Waals surface area contributed by atoms with Crippen molar-refractivity contribution in [1.29, 1.82) is 0 Å². The molecule has 1 aromatic heterocycles. The third-order valence-electron chi connectivity index (χ3n) is 4.33. The van der Waals surface area contributed by atoms with Crippen LogP contribution in [0.5, 0.6) is 0 Å². The van der Waals surface area contributed by atoms with Crippen LogP contribution in [0.2, 0.25) is 0 Å². The molecule has 2 heterocycles. The van der Waals surface area contributed by atoms with Gasteiger partial charge in [0.05, 0.1) is 12.8 Å². The second-order valence-corrected chi connectivity index (χ2v) is 5.67. The van der Waals surface area contributed by atoms with Gasteiger partial charge in [0.25, 0.3) is 0 Å². The first-order valence-electron chi connectivity index (χ1n) is 7.12. The van der Waals surface area contributed by atoms with Crippen molar-refractivity contribution in [1.82, 2.24) is 15.1 Å². The van der Waals surface area contributed by atoms with Crippen LogP contribution in [0, 0.1) is 5.92 Å². The summed E-state index contributed by atoms with van der Waals surface area (Å²) in [6, 6.07) is 0. The lowest BCUT2D eigenvalue weighted by Crippen LogP contribution is -2.32. The van der Waals surface area contributed by atoms with E-state index in [4.69, 9.17) is 4.74 Å². The van der Waals surface area contributed by atoms with Crippen LogP contribution in [0.25, 0.3) is 0 Å². The number of ether oxygens (including phenoxy) is 1. The summed E-state index contributed by atoms with van der Waals surface area (Å²) < 4.78 is 7.61. The first kappa shape index (κ1) is 12.2. The number of methoxy groups -OCH3 is 1. The second kappa shape index (κ2) is 5.41. The van der Waals surface area contributed by atoms with Gasteiger partial charge in [-0.15, -0.1) is 0 Å². The minimum atomic E-state index is 0.461. The van der Waals surface area contributed by atoms with Crippen LogP contribution in [0.4, 0.5) is 0 Å². The van der Waals surface area contributed by atoms with Crippen LogP contribution in [0.3, 0.4) is 0 Å². The molecule has 1 aliphatic carbocycles. The van der Waals surface area contributed by atoms with Crippen molar-refractivity contribution in [3.05, 3.63) is 17.5 Å². The summed E-state index contributed by atoms with van der Waals surface area (Å²) in [5.41, 5.74) is 2.78. The summed E-state index contributed by atoms with van der Waals surface area (Å²) in [6.45, 7) is 3.86. The normalized spacial score (nSPS) is 24.4. The molecule has 0 aromatic carbocycles. The van der Waals surface area contributed by atoms with Gasteiger partial charge in [0.1, 0.15) is 0 Å². The van der Waals surface area contributed by atoms with Crippen molar-refractivity contribution in [3.8, 4) is 0 Å². The summed E-state index contributed by atoms with van der Waals surface area (Å²) in [4.78, 5) is 0. The zero-order valence-corrected chi connectivity index (χ0v) is 11.2. The van der Waals surface area contributed by atoms with Crippen molar-refractivity contribution >= 4 is 0 Å². The van der Waals surface area contributed by atoms with E-state index in [0.29, 0.717) is 5.92 Å². The van der Waals surface area contributed by atoms with E-state index in [2.05, 4.69) is 15.1 Å². The highest BCUT2D eigenvalue weighted by molar-refractivity contribution is 5.25. The Hall–Kier alpha value is -0.870. The molecule has 0 spiro atoms. The molecule has 0 bridgehead atoms. The Balaban J connectivity index is 1.79. The Morgan fingerprint density at radius 1 is 1.44 bits per heavy atom. The highest BCUT2D eigenvalue weighted by Gasteiger charge is 2.26. The molecule has 3 rings (SSSR count). The number of rotatable bonds is 4. The molecule has 18 heavy (non-hydrogen) atoms. The van der Waals surface area contributed by atoms with Gasteiger partial charge in [-0.3, -0.25) is 4.68 Å². The standard InChI is InChI=1S/C14H23N3O/c1-18-10-13-7-15-6-12-8-16-17(14(12)13)9-11-4-2-3-5-11/h8,11,13,15H,2-7,9-10H2,1H3/t13-/m0/s1. The fourth-order valence-corrected chi connectivity index (χ4v) is 3.44. The van der Waals surface area contributed by atoms with Gasteiger partial charge >= 0.3 is 0 Å². The molecule has 1 fully saturated rings. The maximum atomic E-state index is 5.35. The van der Waals surface area contributed by atoms with Crippen molar-refractivity contribution in [2.24, 2.45) is 5.92 Å². The zero-order valence-electron chi connectivity index (χ0n) is 11.2. The average Bonchev–Trinajstić information content (AvgIpc) is 3.01. The van der Waals surface area contributed by atoms with Crippen molar-refractivity contribution in [2.45, 2.75) is 44.7 Å². The fraction of sp³-hybridized carbons (Fsp3) is 0.786. The lowest BCUT2D eigenvalue weighted by molar-refractivity contribution is 0.170. The van der Waals surface area contributed by atoms with E-state index >= 15 is 0 Å². The largest absolute Gasteiger partial charge is 0.384 e. The van der Waals surface area contributed by atoms with E-state index < -0.39 is 0 Å². The van der Waals surface area contributed by atoms with Gasteiger partial charge in [0.15, 0.2) is 0 Å². The number of hydrogen-bond acceptors (Lipinski definition) is 3. The molecule has 1 saturated carbocycles. The molecule has 0 radical (unpaired) electrons. The van der Waals surface area contributed by atoms with Gasteiger partial charge in [0.2, 0.25) is 0 Å². The highest BCUT2D eigenvalue weighted by Crippen LogP contribution is 2.29. The van der Waals surface area contributed by atoms with Crippen molar-refractivity contribution in [3.63, 3.8) is 0 Å². The molecule has 0 unspecified atom stereocenters. The number of aromatic nitrogens is 2. The molecule has 1 aliphatic heterocycles. The Bertz CT molecular complexity index is 396. The molecule has 2 aliphatic rings. The molecular weight excluding hydrogens is 226 g/mol. The van der Waals surface area contributed by atoms with Gasteiger partial charge in [0, 0.05) is 43.9 Å². The maximum absolute atomic E-state index is 5.35.